The predicted molar refractivity (Wildman–Crippen MR) is 117 cm³/mol. The number of H-pyrrole nitrogens is 1. The molecule has 4 N–H and O–H groups in total. The number of aryl methyl sites for hydroxylation is 2. The molecule has 0 radical (unpaired) electrons. The Labute approximate surface area is 169 Å². The summed E-state index contributed by atoms with van der Waals surface area (Å²) in [6.45, 7) is 6.92. The number of nitrogen functional groups attached to an aromatic ring is 1. The summed E-state index contributed by atoms with van der Waals surface area (Å²) in [4.78, 5) is 28.6. The second-order valence-corrected chi connectivity index (χ2v) is 6.98. The van der Waals surface area contributed by atoms with E-state index in [4.69, 9.17) is 22.7 Å². The minimum atomic E-state index is -0.587. The zero-order chi connectivity index (χ0) is 20.8. The third-order valence-electron chi connectivity index (χ3n) is 4.17. The average Bonchev–Trinajstić information content (AvgIpc) is 2.60. The van der Waals surface area contributed by atoms with Crippen LogP contribution in [-0.2, 0) is 11.3 Å². The fraction of sp³-hybridized carbons (Fsp3) is 0.421. The van der Waals surface area contributed by atoms with Crippen molar-refractivity contribution >= 4 is 34.5 Å². The molecule has 0 amide bonds. The minimum Gasteiger partial charge on any atom is -0.383 e. The Bertz CT molecular complexity index is 947. The summed E-state index contributed by atoms with van der Waals surface area (Å²) in [7, 11) is 1.56. The molecule has 0 aliphatic carbocycles. The number of benzene rings is 1. The van der Waals surface area contributed by atoms with Crippen LogP contribution in [0.25, 0.3) is 0 Å². The van der Waals surface area contributed by atoms with Crippen molar-refractivity contribution in [3.05, 3.63) is 50.2 Å². The van der Waals surface area contributed by atoms with Crippen LogP contribution in [-0.4, -0.2) is 34.9 Å². The molecule has 2 rings (SSSR count). The van der Waals surface area contributed by atoms with Gasteiger partial charge in [0.2, 0.25) is 0 Å². The van der Waals surface area contributed by atoms with Gasteiger partial charge in [0.25, 0.3) is 5.56 Å². The molecule has 0 spiro atoms. The largest absolute Gasteiger partial charge is 0.383 e. The quantitative estimate of drug-likeness (QED) is 0.605. The molecule has 0 bridgehead atoms. The lowest BCUT2D eigenvalue weighted by Gasteiger charge is -2.27. The van der Waals surface area contributed by atoms with Crippen LogP contribution in [0.15, 0.2) is 27.8 Å². The van der Waals surface area contributed by atoms with E-state index in [-0.39, 0.29) is 11.5 Å². The first-order valence-corrected chi connectivity index (χ1v) is 9.47. The monoisotopic (exact) mass is 405 g/mol. The topological polar surface area (TPSA) is 105 Å². The van der Waals surface area contributed by atoms with Crippen molar-refractivity contribution in [3.8, 4) is 0 Å². The highest BCUT2D eigenvalue weighted by molar-refractivity contribution is 7.80. The smallest absolute Gasteiger partial charge is 0.330 e. The molecule has 0 fully saturated rings. The van der Waals surface area contributed by atoms with Crippen molar-refractivity contribution in [3.63, 3.8) is 0 Å². The Morgan fingerprint density at radius 3 is 2.50 bits per heavy atom. The lowest BCUT2D eigenvalue weighted by Crippen LogP contribution is -2.44. The van der Waals surface area contributed by atoms with Gasteiger partial charge in [-0.25, -0.2) is 4.79 Å². The summed E-state index contributed by atoms with van der Waals surface area (Å²) < 4.78 is 6.51. The lowest BCUT2D eigenvalue weighted by molar-refractivity contribution is 0.208. The second-order valence-electron chi connectivity index (χ2n) is 6.60. The standard InChI is InChI=1S/C19H27N5O3S/c1-5-6-24-16(20)15(17(25)22-18(24)26)23(7-8-27-4)19(28)21-14-10-12(2)9-13(3)11-14/h9-11H,5-8,20H2,1-4H3,(H,21,28)(H,22,25,26). The molecule has 9 heteroatoms. The fourth-order valence-electron chi connectivity index (χ4n) is 3.02. The number of aromatic nitrogens is 2. The molecule has 8 nitrogen and oxygen atoms in total. The highest BCUT2D eigenvalue weighted by Gasteiger charge is 2.22. The highest BCUT2D eigenvalue weighted by atomic mass is 32.1. The molecular formula is C19H27N5O3S. The van der Waals surface area contributed by atoms with Gasteiger partial charge in [0, 0.05) is 25.9 Å². The van der Waals surface area contributed by atoms with E-state index in [9.17, 15) is 9.59 Å². The summed E-state index contributed by atoms with van der Waals surface area (Å²) in [6.07, 6.45) is 0.693. The molecule has 28 heavy (non-hydrogen) atoms. The first-order valence-electron chi connectivity index (χ1n) is 9.06. The Kier molecular flexibility index (Phi) is 7.36. The summed E-state index contributed by atoms with van der Waals surface area (Å²) in [6, 6.07) is 5.97. The zero-order valence-electron chi connectivity index (χ0n) is 16.7. The van der Waals surface area contributed by atoms with Crippen LogP contribution < -0.4 is 27.2 Å². The molecule has 1 heterocycles. The maximum Gasteiger partial charge on any atom is 0.330 e. The average molecular weight is 406 g/mol. The van der Waals surface area contributed by atoms with Crippen molar-refractivity contribution in [2.45, 2.75) is 33.7 Å². The van der Waals surface area contributed by atoms with Crippen molar-refractivity contribution in [1.29, 1.82) is 0 Å². The number of anilines is 3. The van der Waals surface area contributed by atoms with E-state index >= 15 is 0 Å². The van der Waals surface area contributed by atoms with E-state index in [1.165, 1.54) is 4.57 Å². The van der Waals surface area contributed by atoms with E-state index in [0.29, 0.717) is 31.2 Å². The molecule has 0 aliphatic rings. The van der Waals surface area contributed by atoms with Crippen LogP contribution in [0.5, 0.6) is 0 Å². The van der Waals surface area contributed by atoms with Crippen molar-refractivity contribution in [1.82, 2.24) is 9.55 Å². The van der Waals surface area contributed by atoms with Crippen LogP contribution in [0.2, 0.25) is 0 Å². The number of methoxy groups -OCH3 is 1. The van der Waals surface area contributed by atoms with Gasteiger partial charge in [-0.1, -0.05) is 13.0 Å². The molecule has 2 aromatic rings. The molecule has 1 aromatic carbocycles. The van der Waals surface area contributed by atoms with Gasteiger partial charge < -0.3 is 20.7 Å². The molecule has 152 valence electrons. The SMILES string of the molecule is CCCn1c(N)c(N(CCOC)C(=S)Nc2cc(C)cc(C)c2)c(=O)[nH]c1=O. The summed E-state index contributed by atoms with van der Waals surface area (Å²) >= 11 is 5.56. The first-order chi connectivity index (χ1) is 13.3. The van der Waals surface area contributed by atoms with Gasteiger partial charge in [-0.3, -0.25) is 14.3 Å². The zero-order valence-corrected chi connectivity index (χ0v) is 17.5. The number of ether oxygens (including phenoxy) is 1. The van der Waals surface area contributed by atoms with Crippen molar-refractivity contribution < 1.29 is 4.74 Å². The van der Waals surface area contributed by atoms with Gasteiger partial charge in [-0.05, 0) is 55.7 Å². The van der Waals surface area contributed by atoms with Crippen LogP contribution in [0, 0.1) is 13.8 Å². The summed E-state index contributed by atoms with van der Waals surface area (Å²) in [5.41, 5.74) is 8.18. The normalized spacial score (nSPS) is 10.7. The van der Waals surface area contributed by atoms with Crippen LogP contribution >= 0.6 is 12.2 Å². The third-order valence-corrected chi connectivity index (χ3v) is 4.49. The number of hydrogen-bond acceptors (Lipinski definition) is 5. The third kappa shape index (κ3) is 4.99. The Hall–Kier alpha value is -2.65. The first kappa shape index (κ1) is 21.6. The van der Waals surface area contributed by atoms with E-state index < -0.39 is 11.2 Å². The number of nitrogens with two attached hydrogens (primary N) is 1. The Balaban J connectivity index is 2.48. The fourth-order valence-corrected chi connectivity index (χ4v) is 3.32. The van der Waals surface area contributed by atoms with Gasteiger partial charge in [-0.2, -0.15) is 0 Å². The van der Waals surface area contributed by atoms with Gasteiger partial charge >= 0.3 is 5.69 Å². The van der Waals surface area contributed by atoms with E-state index in [1.54, 1.807) is 12.0 Å². The number of aromatic amines is 1. The predicted octanol–water partition coefficient (Wildman–Crippen LogP) is 2.00. The van der Waals surface area contributed by atoms with Crippen LogP contribution in [0.1, 0.15) is 24.5 Å². The lowest BCUT2D eigenvalue weighted by atomic mass is 10.1. The van der Waals surface area contributed by atoms with Gasteiger partial charge in [0.1, 0.15) is 5.82 Å². The highest BCUT2D eigenvalue weighted by Crippen LogP contribution is 2.20. The summed E-state index contributed by atoms with van der Waals surface area (Å²) in [5, 5.41) is 3.45. The number of nitrogens with zero attached hydrogens (tertiary/aromatic N) is 2. The molecule has 0 saturated carbocycles. The molecule has 1 aromatic heterocycles. The molecule has 0 unspecified atom stereocenters. The maximum atomic E-state index is 12.6. The minimum absolute atomic E-state index is 0.0799. The van der Waals surface area contributed by atoms with Crippen molar-refractivity contribution in [2.75, 3.05) is 36.2 Å². The van der Waals surface area contributed by atoms with Gasteiger partial charge in [-0.15, -0.1) is 0 Å². The molecule has 0 aliphatic heterocycles. The number of hydrogen-bond donors (Lipinski definition) is 3. The van der Waals surface area contributed by atoms with Gasteiger partial charge in [0.05, 0.1) is 6.61 Å². The molecule has 0 atom stereocenters. The van der Waals surface area contributed by atoms with Gasteiger partial charge in [0.15, 0.2) is 10.8 Å². The second kappa shape index (κ2) is 9.52. The van der Waals surface area contributed by atoms with E-state index in [1.807, 2.05) is 32.9 Å². The van der Waals surface area contributed by atoms with Crippen molar-refractivity contribution in [2.24, 2.45) is 0 Å². The number of rotatable bonds is 7. The molecular weight excluding hydrogens is 378 g/mol. The summed E-state index contributed by atoms with van der Waals surface area (Å²) in [5.74, 6) is 0.0799. The molecule has 0 saturated heterocycles. The van der Waals surface area contributed by atoms with Crippen LogP contribution in [0.4, 0.5) is 17.2 Å². The number of thiocarbonyl (C=S) groups is 1. The van der Waals surface area contributed by atoms with E-state index in [2.05, 4.69) is 16.4 Å². The van der Waals surface area contributed by atoms with E-state index in [0.717, 1.165) is 16.8 Å². The van der Waals surface area contributed by atoms with Crippen LogP contribution in [0.3, 0.4) is 0 Å². The Morgan fingerprint density at radius 2 is 1.93 bits per heavy atom. The maximum absolute atomic E-state index is 12.6. The Morgan fingerprint density at radius 1 is 1.29 bits per heavy atom. The number of nitrogens with one attached hydrogen (secondary N) is 2.